The van der Waals surface area contributed by atoms with E-state index in [-0.39, 0.29) is 11.4 Å². The van der Waals surface area contributed by atoms with Crippen LogP contribution in [0.3, 0.4) is 0 Å². The zero-order chi connectivity index (χ0) is 14.8. The minimum absolute atomic E-state index is 0.107. The van der Waals surface area contributed by atoms with Crippen molar-refractivity contribution in [2.24, 2.45) is 0 Å². The average Bonchev–Trinajstić information content (AvgIpc) is 2.97. The predicted octanol–water partition coefficient (Wildman–Crippen LogP) is 1.68. The first-order valence-corrected chi connectivity index (χ1v) is 7.38. The SMILES string of the molecule is CCN(Cc1cc(=O)oc2cc(O)ccc12)C1CCNC1. The smallest absolute Gasteiger partial charge is 0.336 e. The summed E-state index contributed by atoms with van der Waals surface area (Å²) in [5, 5.41) is 13.8. The van der Waals surface area contributed by atoms with Crippen LogP contribution in [0, 0.1) is 0 Å². The summed E-state index contributed by atoms with van der Waals surface area (Å²) in [7, 11) is 0. The van der Waals surface area contributed by atoms with Crippen LogP contribution in [-0.2, 0) is 6.54 Å². The maximum Gasteiger partial charge on any atom is 0.336 e. The fourth-order valence-electron chi connectivity index (χ4n) is 3.02. The molecule has 2 N–H and O–H groups in total. The highest BCUT2D eigenvalue weighted by Crippen LogP contribution is 2.23. The van der Waals surface area contributed by atoms with Gasteiger partial charge in [-0.25, -0.2) is 4.79 Å². The Hall–Kier alpha value is -1.85. The third-order valence-electron chi connectivity index (χ3n) is 4.14. The van der Waals surface area contributed by atoms with E-state index in [0.29, 0.717) is 11.6 Å². The van der Waals surface area contributed by atoms with Crippen molar-refractivity contribution in [3.63, 3.8) is 0 Å². The van der Waals surface area contributed by atoms with Gasteiger partial charge < -0.3 is 14.8 Å². The van der Waals surface area contributed by atoms with Crippen molar-refractivity contribution >= 4 is 11.0 Å². The number of phenols is 1. The van der Waals surface area contributed by atoms with E-state index in [9.17, 15) is 9.90 Å². The Bertz CT molecular complexity index is 689. The van der Waals surface area contributed by atoms with Crippen molar-refractivity contribution in [2.75, 3.05) is 19.6 Å². The van der Waals surface area contributed by atoms with Crippen LogP contribution in [0.1, 0.15) is 18.9 Å². The Labute approximate surface area is 123 Å². The third kappa shape index (κ3) is 2.94. The van der Waals surface area contributed by atoms with Gasteiger partial charge >= 0.3 is 5.63 Å². The van der Waals surface area contributed by atoms with E-state index in [1.165, 1.54) is 6.07 Å². The normalized spacial score (nSPS) is 18.7. The minimum atomic E-state index is -0.372. The Kier molecular flexibility index (Phi) is 3.94. The number of likely N-dealkylation sites (N-methyl/N-ethyl adjacent to an activating group) is 1. The lowest BCUT2D eigenvalue weighted by molar-refractivity contribution is 0.211. The van der Waals surface area contributed by atoms with Gasteiger partial charge in [-0.15, -0.1) is 0 Å². The molecule has 0 bridgehead atoms. The highest BCUT2D eigenvalue weighted by molar-refractivity contribution is 5.81. The zero-order valence-corrected chi connectivity index (χ0v) is 12.1. The second-order valence-corrected chi connectivity index (χ2v) is 5.48. The van der Waals surface area contributed by atoms with Crippen molar-refractivity contribution in [3.05, 3.63) is 40.2 Å². The molecule has 0 radical (unpaired) electrons. The molecule has 1 aliphatic heterocycles. The van der Waals surface area contributed by atoms with Crippen LogP contribution in [0.25, 0.3) is 11.0 Å². The van der Waals surface area contributed by atoms with Gasteiger partial charge in [0.1, 0.15) is 11.3 Å². The molecule has 5 heteroatoms. The van der Waals surface area contributed by atoms with Crippen LogP contribution in [0.5, 0.6) is 5.75 Å². The standard InChI is InChI=1S/C16H20N2O3/c1-2-18(12-5-6-17-9-12)10-11-7-16(20)21-15-8-13(19)3-4-14(11)15/h3-4,7-8,12,17,19H,2,5-6,9-10H2,1H3. The van der Waals surface area contributed by atoms with Gasteiger partial charge in [-0.1, -0.05) is 6.92 Å². The van der Waals surface area contributed by atoms with E-state index in [2.05, 4.69) is 17.1 Å². The highest BCUT2D eigenvalue weighted by atomic mass is 16.4. The first-order valence-electron chi connectivity index (χ1n) is 7.38. The number of benzene rings is 1. The van der Waals surface area contributed by atoms with Crippen LogP contribution in [0.4, 0.5) is 0 Å². The molecule has 21 heavy (non-hydrogen) atoms. The molecule has 0 saturated carbocycles. The average molecular weight is 288 g/mol. The number of nitrogens with zero attached hydrogens (tertiary/aromatic N) is 1. The molecule has 2 heterocycles. The molecule has 1 unspecified atom stereocenters. The van der Waals surface area contributed by atoms with Gasteiger partial charge in [-0.3, -0.25) is 4.90 Å². The molecule has 1 saturated heterocycles. The molecule has 0 spiro atoms. The summed E-state index contributed by atoms with van der Waals surface area (Å²) in [6.45, 7) is 5.83. The Morgan fingerprint density at radius 1 is 1.43 bits per heavy atom. The van der Waals surface area contributed by atoms with Crippen molar-refractivity contribution in [2.45, 2.75) is 25.9 Å². The zero-order valence-electron chi connectivity index (χ0n) is 12.1. The summed E-state index contributed by atoms with van der Waals surface area (Å²) in [6, 6.07) is 7.00. The van der Waals surface area contributed by atoms with Gasteiger partial charge in [0.2, 0.25) is 0 Å². The Morgan fingerprint density at radius 2 is 2.29 bits per heavy atom. The lowest BCUT2D eigenvalue weighted by atomic mass is 10.1. The van der Waals surface area contributed by atoms with E-state index < -0.39 is 0 Å². The molecule has 2 aromatic rings. The summed E-state index contributed by atoms with van der Waals surface area (Å²) in [5.74, 6) is 0.107. The molecule has 112 valence electrons. The molecule has 1 fully saturated rings. The van der Waals surface area contributed by atoms with E-state index >= 15 is 0 Å². The molecule has 1 aromatic carbocycles. The van der Waals surface area contributed by atoms with Gasteiger partial charge in [0.05, 0.1) is 0 Å². The molecular weight excluding hydrogens is 268 g/mol. The third-order valence-corrected chi connectivity index (χ3v) is 4.14. The summed E-state index contributed by atoms with van der Waals surface area (Å²) in [5.41, 5.74) is 1.02. The first-order chi connectivity index (χ1) is 10.2. The number of aromatic hydroxyl groups is 1. The van der Waals surface area contributed by atoms with Gasteiger partial charge in [-0.05, 0) is 37.2 Å². The van der Waals surface area contributed by atoms with E-state index in [4.69, 9.17) is 4.42 Å². The highest BCUT2D eigenvalue weighted by Gasteiger charge is 2.22. The van der Waals surface area contributed by atoms with Gasteiger partial charge in [0.15, 0.2) is 0 Å². The molecule has 5 nitrogen and oxygen atoms in total. The summed E-state index contributed by atoms with van der Waals surface area (Å²) < 4.78 is 5.18. The fourth-order valence-corrected chi connectivity index (χ4v) is 3.02. The van der Waals surface area contributed by atoms with Crippen LogP contribution in [0.2, 0.25) is 0 Å². The summed E-state index contributed by atoms with van der Waals surface area (Å²) in [6.07, 6.45) is 1.13. The number of hydrogen-bond donors (Lipinski definition) is 2. The van der Waals surface area contributed by atoms with Crippen LogP contribution >= 0.6 is 0 Å². The van der Waals surface area contributed by atoms with Gasteiger partial charge in [0, 0.05) is 36.7 Å². The molecule has 3 rings (SSSR count). The number of fused-ring (bicyclic) bond motifs is 1. The van der Waals surface area contributed by atoms with Crippen molar-refractivity contribution in [1.82, 2.24) is 10.2 Å². The van der Waals surface area contributed by atoms with E-state index in [1.807, 2.05) is 6.07 Å². The fraction of sp³-hybridized carbons (Fsp3) is 0.438. The van der Waals surface area contributed by atoms with E-state index in [0.717, 1.165) is 43.5 Å². The number of hydrogen-bond acceptors (Lipinski definition) is 5. The Morgan fingerprint density at radius 3 is 3.00 bits per heavy atom. The second-order valence-electron chi connectivity index (χ2n) is 5.48. The first kappa shape index (κ1) is 14.1. The number of rotatable bonds is 4. The number of nitrogens with one attached hydrogen (secondary N) is 1. The monoisotopic (exact) mass is 288 g/mol. The predicted molar refractivity (Wildman–Crippen MR) is 81.5 cm³/mol. The van der Waals surface area contributed by atoms with Gasteiger partial charge in [-0.2, -0.15) is 0 Å². The Balaban J connectivity index is 1.97. The van der Waals surface area contributed by atoms with Gasteiger partial charge in [0.25, 0.3) is 0 Å². The number of phenolic OH excluding ortho intramolecular Hbond substituents is 1. The minimum Gasteiger partial charge on any atom is -0.508 e. The molecule has 1 atom stereocenters. The summed E-state index contributed by atoms with van der Waals surface area (Å²) in [4.78, 5) is 14.1. The maximum absolute atomic E-state index is 11.7. The topological polar surface area (TPSA) is 65.7 Å². The van der Waals surface area contributed by atoms with Crippen LogP contribution in [0.15, 0.2) is 33.5 Å². The van der Waals surface area contributed by atoms with Crippen molar-refractivity contribution < 1.29 is 9.52 Å². The largest absolute Gasteiger partial charge is 0.508 e. The van der Waals surface area contributed by atoms with Crippen LogP contribution in [-0.4, -0.2) is 35.7 Å². The lowest BCUT2D eigenvalue weighted by Gasteiger charge is -2.27. The lowest BCUT2D eigenvalue weighted by Crippen LogP contribution is -2.36. The summed E-state index contributed by atoms with van der Waals surface area (Å²) >= 11 is 0. The van der Waals surface area contributed by atoms with Crippen molar-refractivity contribution in [1.29, 1.82) is 0 Å². The van der Waals surface area contributed by atoms with Crippen molar-refractivity contribution in [3.8, 4) is 5.75 Å². The quantitative estimate of drug-likeness (QED) is 0.838. The molecule has 1 aliphatic rings. The van der Waals surface area contributed by atoms with E-state index in [1.54, 1.807) is 12.1 Å². The molecule has 0 amide bonds. The molecule has 1 aromatic heterocycles. The molecular formula is C16H20N2O3. The maximum atomic E-state index is 11.7. The molecule has 0 aliphatic carbocycles. The second kappa shape index (κ2) is 5.87. The van der Waals surface area contributed by atoms with Crippen LogP contribution < -0.4 is 10.9 Å².